The van der Waals surface area contributed by atoms with Crippen LogP contribution in [0.4, 0.5) is 28.4 Å². The predicted octanol–water partition coefficient (Wildman–Crippen LogP) is 19.0. The zero-order chi connectivity index (χ0) is 54.3. The molecule has 2 unspecified atom stereocenters. The van der Waals surface area contributed by atoms with Crippen molar-refractivity contribution in [1.82, 2.24) is 4.57 Å². The summed E-state index contributed by atoms with van der Waals surface area (Å²) in [6, 6.07) is 70.3. The van der Waals surface area contributed by atoms with Gasteiger partial charge in [0.1, 0.15) is 27.8 Å². The van der Waals surface area contributed by atoms with Gasteiger partial charge < -0.3 is 27.6 Å². The molecule has 6 nitrogen and oxygen atoms in total. The molecule has 392 valence electrons. The highest BCUT2D eigenvalue weighted by Crippen LogP contribution is 2.63. The number of aromatic nitrogens is 1. The summed E-state index contributed by atoms with van der Waals surface area (Å²) in [6.07, 6.45) is 4.51. The lowest BCUT2D eigenvalue weighted by Crippen LogP contribution is -2.64. The average Bonchev–Trinajstić information content (AvgIpc) is 1.61. The number of hydrogen-bond acceptors (Lipinski definition) is 6. The van der Waals surface area contributed by atoms with Crippen molar-refractivity contribution in [3.63, 3.8) is 0 Å². The topological polar surface area (TPSA) is 50.8 Å². The van der Waals surface area contributed by atoms with Crippen molar-refractivity contribution in [2.24, 2.45) is 0 Å². The van der Waals surface area contributed by atoms with Gasteiger partial charge in [-0.25, -0.2) is 0 Å². The molecule has 19 rings (SSSR count). The van der Waals surface area contributed by atoms with Crippen molar-refractivity contribution in [3.05, 3.63) is 199 Å². The second-order valence-electron chi connectivity index (χ2n) is 25.4. The van der Waals surface area contributed by atoms with Crippen LogP contribution in [-0.4, -0.2) is 16.8 Å². The van der Waals surface area contributed by atoms with E-state index in [2.05, 4.69) is 237 Å². The monoisotopic (exact) mass is 1080 g/mol. The molecule has 4 aliphatic rings. The second-order valence-corrected chi connectivity index (χ2v) is 26.5. The smallest absolute Gasteiger partial charge is 0.252 e. The van der Waals surface area contributed by atoms with Gasteiger partial charge in [-0.15, -0.1) is 11.3 Å². The molecule has 2 atom stereocenters. The summed E-state index contributed by atoms with van der Waals surface area (Å²) in [5.74, 6) is 0. The lowest BCUT2D eigenvalue weighted by Gasteiger charge is -2.52. The summed E-state index contributed by atoms with van der Waals surface area (Å²) in [5.41, 5.74) is 23.4. The van der Waals surface area contributed by atoms with E-state index in [0.29, 0.717) is 0 Å². The van der Waals surface area contributed by atoms with Crippen LogP contribution in [0.5, 0.6) is 0 Å². The van der Waals surface area contributed by atoms with E-state index in [-0.39, 0.29) is 23.1 Å². The van der Waals surface area contributed by atoms with Crippen LogP contribution in [0.2, 0.25) is 0 Å². The fraction of sp³-hybridized carbons (Fsp3) is 0.162. The second kappa shape index (κ2) is 15.5. The molecule has 0 saturated heterocycles. The summed E-state index contributed by atoms with van der Waals surface area (Å²) in [5, 5.41) is 9.36. The number of hydrogen-bond donors (Lipinski definition) is 0. The lowest BCUT2D eigenvalue weighted by molar-refractivity contribution is 0.195. The molecule has 3 aliphatic heterocycles. The van der Waals surface area contributed by atoms with E-state index >= 15 is 0 Å². The van der Waals surface area contributed by atoms with Crippen LogP contribution in [0.25, 0.3) is 114 Å². The first-order valence-electron chi connectivity index (χ1n) is 29.2. The highest BCUT2D eigenvalue weighted by atomic mass is 32.1. The van der Waals surface area contributed by atoms with Crippen LogP contribution >= 0.6 is 11.3 Å². The van der Waals surface area contributed by atoms with Gasteiger partial charge in [-0.3, -0.25) is 0 Å². The lowest BCUT2D eigenvalue weighted by atomic mass is 9.33. The first kappa shape index (κ1) is 45.7. The fourth-order valence-corrected chi connectivity index (χ4v) is 17.4. The molecule has 1 fully saturated rings. The summed E-state index contributed by atoms with van der Waals surface area (Å²) in [6.45, 7) is 12.2. The number of rotatable bonds is 4. The van der Waals surface area contributed by atoms with Crippen molar-refractivity contribution in [3.8, 4) is 16.8 Å². The van der Waals surface area contributed by atoms with E-state index in [9.17, 15) is 0 Å². The van der Waals surface area contributed by atoms with Gasteiger partial charge in [-0.2, -0.15) is 0 Å². The minimum Gasteiger partial charge on any atom is -0.456 e. The molecule has 0 amide bonds. The molecule has 0 bridgehead atoms. The molecular weight excluding hydrogens is 1020 g/mol. The van der Waals surface area contributed by atoms with Crippen LogP contribution < -0.4 is 26.2 Å². The average molecular weight is 1080 g/mol. The minimum atomic E-state index is -0.260. The third-order valence-electron chi connectivity index (χ3n) is 20.2. The van der Waals surface area contributed by atoms with Gasteiger partial charge in [0.05, 0.1) is 22.4 Å². The molecule has 0 radical (unpaired) electrons. The summed E-state index contributed by atoms with van der Waals surface area (Å²) >= 11 is 1.86. The van der Waals surface area contributed by atoms with Gasteiger partial charge in [-0.1, -0.05) is 150 Å². The van der Waals surface area contributed by atoms with E-state index < -0.39 is 0 Å². The Kier molecular flexibility index (Phi) is 8.65. The van der Waals surface area contributed by atoms with E-state index in [1.54, 1.807) is 0 Å². The highest BCUT2D eigenvalue weighted by Gasteiger charge is 2.61. The van der Waals surface area contributed by atoms with E-state index in [1.807, 2.05) is 11.3 Å². The summed E-state index contributed by atoms with van der Waals surface area (Å²) in [4.78, 5) is 5.39. The zero-order valence-corrected chi connectivity index (χ0v) is 47.1. The van der Waals surface area contributed by atoms with Crippen LogP contribution in [0.1, 0.15) is 71.4 Å². The van der Waals surface area contributed by atoms with Gasteiger partial charge in [0.15, 0.2) is 11.2 Å². The van der Waals surface area contributed by atoms with Crippen LogP contribution in [0.15, 0.2) is 201 Å². The molecule has 0 N–H and O–H groups in total. The fourth-order valence-electron chi connectivity index (χ4n) is 16.2. The number of para-hydroxylation sites is 4. The number of fused-ring (bicyclic) bond motifs is 21. The van der Waals surface area contributed by atoms with Crippen molar-refractivity contribution in [2.45, 2.75) is 76.7 Å². The molecule has 5 aromatic heterocycles. The Labute approximate surface area is 477 Å². The van der Waals surface area contributed by atoms with Crippen LogP contribution in [-0.2, 0) is 10.8 Å². The van der Waals surface area contributed by atoms with Crippen molar-refractivity contribution in [2.75, 3.05) is 9.80 Å². The van der Waals surface area contributed by atoms with E-state index in [1.165, 1.54) is 93.2 Å². The Morgan fingerprint density at radius 2 is 1.21 bits per heavy atom. The van der Waals surface area contributed by atoms with E-state index in [4.69, 9.17) is 13.3 Å². The SMILES string of the molecule is CC(C)(C)c1cc2c3c(c1)c1oc4ccccc4c1n3-c1cc(N(c3ccc4c(c3)sc3ccccc34)c3cccc4c3oc3ccccc34)cc3c1B2c1cc(-c2cccc4oc5ccccc5c24)cc2c1N3C1(C)CCCCC21C. The van der Waals surface area contributed by atoms with Gasteiger partial charge in [0.25, 0.3) is 6.71 Å². The Balaban J connectivity index is 0.981. The maximum Gasteiger partial charge on any atom is 0.252 e. The molecule has 1 aliphatic carbocycles. The molecule has 15 aromatic rings. The van der Waals surface area contributed by atoms with E-state index in [0.717, 1.165) is 102 Å². The maximum absolute atomic E-state index is 7.19. The van der Waals surface area contributed by atoms with Crippen LogP contribution in [0, 0.1) is 0 Å². The Hall–Kier alpha value is -8.98. The third kappa shape index (κ3) is 5.66. The molecular formula is C74H54BN3O3S. The number of furan rings is 3. The number of thiophene rings is 1. The summed E-state index contributed by atoms with van der Waals surface area (Å²) in [7, 11) is 0. The highest BCUT2D eigenvalue weighted by molar-refractivity contribution is 7.25. The molecule has 0 spiro atoms. The Morgan fingerprint density at radius 3 is 2.05 bits per heavy atom. The molecule has 82 heavy (non-hydrogen) atoms. The maximum atomic E-state index is 7.19. The van der Waals surface area contributed by atoms with Crippen molar-refractivity contribution < 1.29 is 13.3 Å². The first-order chi connectivity index (χ1) is 40.0. The van der Waals surface area contributed by atoms with Gasteiger partial charge >= 0.3 is 0 Å². The quantitative estimate of drug-likeness (QED) is 0.164. The van der Waals surface area contributed by atoms with Crippen molar-refractivity contribution in [1.29, 1.82) is 0 Å². The molecule has 8 heterocycles. The Morgan fingerprint density at radius 1 is 0.524 bits per heavy atom. The van der Waals surface area contributed by atoms with Gasteiger partial charge in [0.2, 0.25) is 0 Å². The standard InChI is InChI=1S/C74H54BN3O3S/c1-72(2,3)42-36-52-67-55(37-42)75-54-35-41(45-22-17-28-62-65(45)50-20-7-11-26-60(50)79-62)34-53-69(54)78(74(5)33-15-14-32-73(53,74)4)58-39-44(38-57(66(58)75)77(67)68-51-21-8-12-27-61(51)81-71(52)68)76(43-30-31-48-47-19-9-13-29-63(47)82-64(48)40-43)56-24-16-23-49-46-18-6-10-25-59(46)80-70(49)56/h6-13,16-31,34-40H,14-15,32-33H2,1-5H3. The molecule has 1 saturated carbocycles. The zero-order valence-electron chi connectivity index (χ0n) is 46.3. The third-order valence-corrected chi connectivity index (χ3v) is 21.4. The number of anilines is 5. The van der Waals surface area contributed by atoms with Gasteiger partial charge in [-0.05, 0) is 143 Å². The summed E-state index contributed by atoms with van der Waals surface area (Å²) < 4.78 is 26.1. The molecule has 8 heteroatoms. The minimum absolute atomic E-state index is 0.110. The first-order valence-corrected chi connectivity index (χ1v) is 30.0. The predicted molar refractivity (Wildman–Crippen MR) is 344 cm³/mol. The van der Waals surface area contributed by atoms with Crippen molar-refractivity contribution >= 4 is 160 Å². The number of nitrogens with zero attached hydrogens (tertiary/aromatic N) is 3. The normalized spacial score (nSPS) is 18.2. The van der Waals surface area contributed by atoms with Crippen LogP contribution in [0.3, 0.4) is 0 Å². The largest absolute Gasteiger partial charge is 0.456 e. The Bertz CT molecular complexity index is 5370. The van der Waals surface area contributed by atoms with Gasteiger partial charge in [0, 0.05) is 80.7 Å². The number of benzene rings is 10. The molecule has 10 aromatic carbocycles.